The predicted octanol–water partition coefficient (Wildman–Crippen LogP) is 4.75. The SMILES string of the molecule is CSCC1CCCN1c1nc(CN(C)C)nc2scc(-c3ccccc3)c12. The first-order valence-corrected chi connectivity index (χ1v) is 11.7. The highest BCUT2D eigenvalue weighted by atomic mass is 32.2. The van der Waals surface area contributed by atoms with Crippen LogP contribution in [0, 0.1) is 0 Å². The Balaban J connectivity index is 1.88. The molecule has 0 spiro atoms. The maximum atomic E-state index is 5.08. The molecule has 1 saturated heterocycles. The van der Waals surface area contributed by atoms with E-state index in [1.807, 2.05) is 11.8 Å². The van der Waals surface area contributed by atoms with E-state index in [0.717, 1.165) is 35.3 Å². The molecule has 4 nitrogen and oxygen atoms in total. The van der Waals surface area contributed by atoms with Crippen LogP contribution in [0.5, 0.6) is 0 Å². The lowest BCUT2D eigenvalue weighted by atomic mass is 10.1. The number of benzene rings is 1. The molecule has 0 bridgehead atoms. The molecule has 6 heteroatoms. The summed E-state index contributed by atoms with van der Waals surface area (Å²) in [5, 5.41) is 3.47. The second-order valence-electron chi connectivity index (χ2n) is 7.34. The number of hydrogen-bond donors (Lipinski definition) is 0. The molecule has 3 aromatic rings. The minimum atomic E-state index is 0.564. The quantitative estimate of drug-likeness (QED) is 0.598. The van der Waals surface area contributed by atoms with Gasteiger partial charge in [0.25, 0.3) is 0 Å². The number of hydrogen-bond acceptors (Lipinski definition) is 6. The minimum Gasteiger partial charge on any atom is -0.352 e. The van der Waals surface area contributed by atoms with Gasteiger partial charge in [-0.1, -0.05) is 30.3 Å². The number of aromatic nitrogens is 2. The molecular formula is C21H26N4S2. The molecule has 4 rings (SSSR count). The van der Waals surface area contributed by atoms with E-state index in [-0.39, 0.29) is 0 Å². The molecule has 0 aliphatic carbocycles. The van der Waals surface area contributed by atoms with Crippen molar-refractivity contribution in [3.05, 3.63) is 41.5 Å². The van der Waals surface area contributed by atoms with Crippen molar-refractivity contribution in [3.63, 3.8) is 0 Å². The number of thiophene rings is 1. The van der Waals surface area contributed by atoms with Crippen LogP contribution in [0.15, 0.2) is 35.7 Å². The van der Waals surface area contributed by atoms with E-state index >= 15 is 0 Å². The average Bonchev–Trinajstić information content (AvgIpc) is 3.28. The topological polar surface area (TPSA) is 32.3 Å². The zero-order valence-electron chi connectivity index (χ0n) is 16.2. The van der Waals surface area contributed by atoms with Gasteiger partial charge in [0.15, 0.2) is 0 Å². The van der Waals surface area contributed by atoms with Gasteiger partial charge in [-0.3, -0.25) is 0 Å². The zero-order valence-corrected chi connectivity index (χ0v) is 17.8. The van der Waals surface area contributed by atoms with E-state index in [2.05, 4.69) is 65.9 Å². The fourth-order valence-corrected chi connectivity index (χ4v) is 5.53. The van der Waals surface area contributed by atoms with Gasteiger partial charge in [0.1, 0.15) is 16.5 Å². The second kappa shape index (κ2) is 8.17. The Bertz CT molecular complexity index is 907. The van der Waals surface area contributed by atoms with Crippen LogP contribution in [0.4, 0.5) is 5.82 Å². The van der Waals surface area contributed by atoms with Crippen LogP contribution in [0.25, 0.3) is 21.3 Å². The van der Waals surface area contributed by atoms with E-state index in [4.69, 9.17) is 9.97 Å². The fraction of sp³-hybridized carbons (Fsp3) is 0.429. The Morgan fingerprint density at radius 2 is 2.04 bits per heavy atom. The third kappa shape index (κ3) is 3.84. The summed E-state index contributed by atoms with van der Waals surface area (Å²) in [5.74, 6) is 3.20. The molecule has 1 fully saturated rings. The highest BCUT2D eigenvalue weighted by Crippen LogP contribution is 2.40. The lowest BCUT2D eigenvalue weighted by Crippen LogP contribution is -2.32. The normalized spacial score (nSPS) is 17.3. The van der Waals surface area contributed by atoms with Crippen molar-refractivity contribution in [2.24, 2.45) is 0 Å². The van der Waals surface area contributed by atoms with Crippen LogP contribution < -0.4 is 4.90 Å². The summed E-state index contributed by atoms with van der Waals surface area (Å²) in [6.45, 7) is 1.85. The van der Waals surface area contributed by atoms with Crippen LogP contribution in [-0.2, 0) is 6.54 Å². The monoisotopic (exact) mass is 398 g/mol. The van der Waals surface area contributed by atoms with Gasteiger partial charge in [0.2, 0.25) is 0 Å². The maximum absolute atomic E-state index is 5.08. The van der Waals surface area contributed by atoms with Crippen LogP contribution in [0.3, 0.4) is 0 Å². The number of thioether (sulfide) groups is 1. The molecule has 3 heterocycles. The lowest BCUT2D eigenvalue weighted by molar-refractivity contribution is 0.391. The summed E-state index contributed by atoms with van der Waals surface area (Å²) in [7, 11) is 4.15. The summed E-state index contributed by atoms with van der Waals surface area (Å²) in [4.78, 5) is 15.8. The molecule has 0 saturated carbocycles. The second-order valence-corrected chi connectivity index (χ2v) is 9.11. The first kappa shape index (κ1) is 18.7. The average molecular weight is 399 g/mol. The molecule has 142 valence electrons. The molecule has 1 aromatic carbocycles. The smallest absolute Gasteiger partial charge is 0.146 e. The molecule has 1 atom stereocenters. The molecule has 27 heavy (non-hydrogen) atoms. The largest absolute Gasteiger partial charge is 0.352 e. The molecule has 1 unspecified atom stereocenters. The van der Waals surface area contributed by atoms with Gasteiger partial charge >= 0.3 is 0 Å². The zero-order chi connectivity index (χ0) is 18.8. The van der Waals surface area contributed by atoms with Gasteiger partial charge in [-0.15, -0.1) is 11.3 Å². The molecule has 2 aromatic heterocycles. The number of anilines is 1. The predicted molar refractivity (Wildman–Crippen MR) is 119 cm³/mol. The van der Waals surface area contributed by atoms with Gasteiger partial charge in [0.05, 0.1) is 11.9 Å². The first-order chi connectivity index (χ1) is 13.2. The van der Waals surface area contributed by atoms with Gasteiger partial charge in [-0.2, -0.15) is 11.8 Å². The van der Waals surface area contributed by atoms with Crippen molar-refractivity contribution < 1.29 is 0 Å². The molecular weight excluding hydrogens is 372 g/mol. The standard InChI is InChI=1S/C21H26N4S2/c1-24(2)12-18-22-20(25-11-7-10-16(25)13-26-3)19-17(14-27-21(19)23-18)15-8-5-4-6-9-15/h4-6,8-9,14,16H,7,10-13H2,1-3H3. The number of nitrogens with zero attached hydrogens (tertiary/aromatic N) is 4. The summed E-state index contributed by atoms with van der Waals surface area (Å²) >= 11 is 3.67. The fourth-order valence-electron chi connectivity index (χ4n) is 3.84. The minimum absolute atomic E-state index is 0.564. The van der Waals surface area contributed by atoms with Crippen molar-refractivity contribution >= 4 is 39.1 Å². The summed E-state index contributed by atoms with van der Waals surface area (Å²) < 4.78 is 0. The van der Waals surface area contributed by atoms with E-state index in [9.17, 15) is 0 Å². The molecule has 1 aliphatic heterocycles. The molecule has 1 aliphatic rings. The Kier molecular flexibility index (Phi) is 5.66. The van der Waals surface area contributed by atoms with Gasteiger partial charge in [0, 0.05) is 29.3 Å². The van der Waals surface area contributed by atoms with Crippen LogP contribution in [0.1, 0.15) is 18.7 Å². The van der Waals surface area contributed by atoms with Crippen LogP contribution in [0.2, 0.25) is 0 Å². The Morgan fingerprint density at radius 1 is 1.22 bits per heavy atom. The molecule has 0 amide bonds. The molecule has 0 radical (unpaired) electrons. The van der Waals surface area contributed by atoms with Crippen molar-refractivity contribution in [1.82, 2.24) is 14.9 Å². The third-order valence-corrected chi connectivity index (χ3v) is 6.60. The van der Waals surface area contributed by atoms with E-state index < -0.39 is 0 Å². The first-order valence-electron chi connectivity index (χ1n) is 9.41. The van der Waals surface area contributed by atoms with Gasteiger partial charge < -0.3 is 9.80 Å². The number of rotatable bonds is 6. The van der Waals surface area contributed by atoms with Crippen molar-refractivity contribution in [2.45, 2.75) is 25.4 Å². The highest BCUT2D eigenvalue weighted by Gasteiger charge is 2.29. The maximum Gasteiger partial charge on any atom is 0.146 e. The van der Waals surface area contributed by atoms with Crippen LogP contribution >= 0.6 is 23.1 Å². The van der Waals surface area contributed by atoms with Gasteiger partial charge in [-0.25, -0.2) is 9.97 Å². The summed E-state index contributed by atoms with van der Waals surface area (Å²) in [5.41, 5.74) is 2.51. The summed E-state index contributed by atoms with van der Waals surface area (Å²) in [6.07, 6.45) is 4.69. The Morgan fingerprint density at radius 3 is 2.78 bits per heavy atom. The van der Waals surface area contributed by atoms with E-state index in [1.54, 1.807) is 11.3 Å². The highest BCUT2D eigenvalue weighted by molar-refractivity contribution is 7.98. The third-order valence-electron chi connectivity index (χ3n) is 5.01. The Labute approximate surface area is 169 Å². The van der Waals surface area contributed by atoms with E-state index in [0.29, 0.717) is 6.04 Å². The van der Waals surface area contributed by atoms with E-state index in [1.165, 1.54) is 29.4 Å². The number of fused-ring (bicyclic) bond motifs is 1. The van der Waals surface area contributed by atoms with Gasteiger partial charge in [-0.05, 0) is 38.8 Å². The van der Waals surface area contributed by atoms with Crippen LogP contribution in [-0.4, -0.2) is 53.6 Å². The summed E-state index contributed by atoms with van der Waals surface area (Å²) in [6, 6.07) is 11.2. The Hall–Kier alpha value is -1.63. The van der Waals surface area contributed by atoms with Crippen molar-refractivity contribution in [2.75, 3.05) is 37.5 Å². The van der Waals surface area contributed by atoms with Crippen molar-refractivity contribution in [1.29, 1.82) is 0 Å². The molecule has 0 N–H and O–H groups in total. The lowest BCUT2D eigenvalue weighted by Gasteiger charge is -2.27. The van der Waals surface area contributed by atoms with Crippen molar-refractivity contribution in [3.8, 4) is 11.1 Å².